The Kier molecular flexibility index (Phi) is 4.75. The van der Waals surface area contributed by atoms with Crippen LogP contribution < -0.4 is 15.8 Å². The number of primary amides is 1. The van der Waals surface area contributed by atoms with Gasteiger partial charge in [-0.05, 0) is 30.3 Å². The summed E-state index contributed by atoms with van der Waals surface area (Å²) in [5.74, 6) is -0.778. The minimum absolute atomic E-state index is 0.102. The third kappa shape index (κ3) is 3.81. The molecule has 4 aromatic rings. The van der Waals surface area contributed by atoms with Crippen molar-refractivity contribution in [2.24, 2.45) is 5.73 Å². The minimum Gasteiger partial charge on any atom is -0.430 e. The van der Waals surface area contributed by atoms with E-state index in [2.05, 4.69) is 15.3 Å². The molecule has 0 atom stereocenters. The normalized spacial score (nSPS) is 11.7. The van der Waals surface area contributed by atoms with E-state index >= 15 is 0 Å². The quantitative estimate of drug-likeness (QED) is 0.460. The number of aromatic nitrogens is 2. The van der Waals surface area contributed by atoms with Crippen molar-refractivity contribution in [1.82, 2.24) is 9.97 Å². The first-order valence-corrected chi connectivity index (χ1v) is 9.59. The van der Waals surface area contributed by atoms with Gasteiger partial charge in [0, 0.05) is 35.2 Å². The molecule has 2 aromatic carbocycles. The molecule has 0 fully saturated rings. The summed E-state index contributed by atoms with van der Waals surface area (Å²) in [4.78, 5) is 20.2. The molecule has 0 unspecified atom stereocenters. The number of anilines is 2. The first-order valence-electron chi connectivity index (χ1n) is 8.77. The van der Waals surface area contributed by atoms with E-state index in [0.717, 1.165) is 21.0 Å². The number of nitrogens with one attached hydrogen (secondary N) is 1. The number of ether oxygens (including phenoxy) is 1. The first-order chi connectivity index (χ1) is 13.9. The molecule has 6 nitrogen and oxygen atoms in total. The van der Waals surface area contributed by atoms with Crippen LogP contribution in [0.4, 0.5) is 19.6 Å². The number of rotatable bonds is 6. The molecule has 2 heterocycles. The van der Waals surface area contributed by atoms with Crippen LogP contribution >= 0.6 is 11.3 Å². The third-order valence-corrected chi connectivity index (χ3v) is 5.29. The van der Waals surface area contributed by atoms with Crippen LogP contribution in [0, 0.1) is 0 Å². The number of benzene rings is 2. The topological polar surface area (TPSA) is 90.1 Å². The second-order valence-electron chi connectivity index (χ2n) is 6.32. The Balaban J connectivity index is 1.77. The minimum atomic E-state index is -3.35. The molecule has 4 rings (SSSR count). The molecule has 0 aliphatic carbocycles. The molecule has 0 spiro atoms. The molecule has 1 amide bonds. The number of hydrogen-bond donors (Lipinski definition) is 2. The van der Waals surface area contributed by atoms with Gasteiger partial charge in [-0.3, -0.25) is 9.78 Å². The van der Waals surface area contributed by atoms with Crippen LogP contribution in [0.3, 0.4) is 0 Å². The van der Waals surface area contributed by atoms with Gasteiger partial charge in [-0.25, -0.2) is 4.98 Å². The van der Waals surface area contributed by atoms with Crippen LogP contribution in [-0.4, -0.2) is 22.0 Å². The Morgan fingerprint density at radius 2 is 2.10 bits per heavy atom. The number of carbonyl (C=O) groups is 1. The van der Waals surface area contributed by atoms with Crippen molar-refractivity contribution in [3.63, 3.8) is 0 Å². The second kappa shape index (κ2) is 7.25. The third-order valence-electron chi connectivity index (χ3n) is 4.35. The van der Waals surface area contributed by atoms with Gasteiger partial charge in [-0.1, -0.05) is 24.3 Å². The lowest BCUT2D eigenvalue weighted by atomic mass is 10.1. The van der Waals surface area contributed by atoms with Gasteiger partial charge in [0.25, 0.3) is 0 Å². The van der Waals surface area contributed by atoms with Crippen molar-refractivity contribution in [3.05, 3.63) is 54.4 Å². The highest BCUT2D eigenvalue weighted by atomic mass is 32.1. The Labute approximate surface area is 168 Å². The number of pyridine rings is 1. The second-order valence-corrected chi connectivity index (χ2v) is 7.35. The lowest BCUT2D eigenvalue weighted by Gasteiger charge is -2.19. The van der Waals surface area contributed by atoms with E-state index in [-0.39, 0.29) is 17.0 Å². The Morgan fingerprint density at radius 3 is 2.86 bits per heavy atom. The van der Waals surface area contributed by atoms with Crippen molar-refractivity contribution in [2.45, 2.75) is 19.5 Å². The fourth-order valence-electron chi connectivity index (χ4n) is 2.83. The summed E-state index contributed by atoms with van der Waals surface area (Å²) in [6, 6.07) is 9.73. The van der Waals surface area contributed by atoms with Crippen molar-refractivity contribution in [2.75, 3.05) is 5.32 Å². The molecule has 148 valence electrons. The summed E-state index contributed by atoms with van der Waals surface area (Å²) < 4.78 is 33.4. The largest absolute Gasteiger partial charge is 0.430 e. The smallest absolute Gasteiger partial charge is 0.397 e. The fraction of sp³-hybridized carbons (Fsp3) is 0.150. The molecule has 0 saturated carbocycles. The van der Waals surface area contributed by atoms with Crippen LogP contribution in [0.15, 0.2) is 48.8 Å². The zero-order valence-electron chi connectivity index (χ0n) is 15.3. The van der Waals surface area contributed by atoms with E-state index in [0.29, 0.717) is 5.13 Å². The summed E-state index contributed by atoms with van der Waals surface area (Å²) in [5, 5.41) is 5.34. The van der Waals surface area contributed by atoms with E-state index in [1.165, 1.54) is 36.5 Å². The van der Waals surface area contributed by atoms with Crippen LogP contribution in [-0.2, 0) is 0 Å². The lowest BCUT2D eigenvalue weighted by molar-refractivity contribution is -0.176. The van der Waals surface area contributed by atoms with Crippen LogP contribution in [0.5, 0.6) is 5.75 Å². The monoisotopic (exact) mass is 414 g/mol. The van der Waals surface area contributed by atoms with E-state index in [1.807, 2.05) is 18.2 Å². The summed E-state index contributed by atoms with van der Waals surface area (Å²) in [6.07, 6.45) is -0.410. The lowest BCUT2D eigenvalue weighted by Crippen LogP contribution is -2.23. The Morgan fingerprint density at radius 1 is 1.28 bits per heavy atom. The number of amides is 1. The highest BCUT2D eigenvalue weighted by molar-refractivity contribution is 7.22. The molecule has 0 aliphatic rings. The maximum absolute atomic E-state index is 13.8. The van der Waals surface area contributed by atoms with E-state index < -0.39 is 18.4 Å². The van der Waals surface area contributed by atoms with Gasteiger partial charge in [0.1, 0.15) is 5.75 Å². The first kappa shape index (κ1) is 19.0. The van der Waals surface area contributed by atoms with Gasteiger partial charge >= 0.3 is 6.11 Å². The van der Waals surface area contributed by atoms with Crippen LogP contribution in [0.2, 0.25) is 0 Å². The standard InChI is InChI=1S/C20H16F2N4O2S/c1-2-20(21,22)28-15-5-3-11(18(23)27)9-14(15)25-19-26-17-13-7-8-24-10-12(13)4-6-16(17)29-19/h3-10H,2H2,1H3,(H2,23,27)(H,25,26). The highest BCUT2D eigenvalue weighted by Crippen LogP contribution is 2.37. The molecule has 9 heteroatoms. The van der Waals surface area contributed by atoms with Gasteiger partial charge in [0.2, 0.25) is 5.91 Å². The molecular weight excluding hydrogens is 398 g/mol. The summed E-state index contributed by atoms with van der Waals surface area (Å²) >= 11 is 1.35. The average molecular weight is 414 g/mol. The summed E-state index contributed by atoms with van der Waals surface area (Å²) in [6.45, 7) is 1.32. The zero-order valence-corrected chi connectivity index (χ0v) is 16.1. The molecule has 3 N–H and O–H groups in total. The predicted molar refractivity (Wildman–Crippen MR) is 109 cm³/mol. The highest BCUT2D eigenvalue weighted by Gasteiger charge is 2.30. The number of nitrogens with zero attached hydrogens (tertiary/aromatic N) is 2. The Bertz CT molecular complexity index is 1230. The zero-order chi connectivity index (χ0) is 20.6. The average Bonchev–Trinajstić information content (AvgIpc) is 3.12. The van der Waals surface area contributed by atoms with E-state index in [9.17, 15) is 13.6 Å². The predicted octanol–water partition coefficient (Wildman–Crippen LogP) is 5.07. The number of thiazole rings is 1. The van der Waals surface area contributed by atoms with Crippen molar-refractivity contribution >= 4 is 49.1 Å². The number of carbonyl (C=O) groups excluding carboxylic acids is 1. The van der Waals surface area contributed by atoms with Gasteiger partial charge in [-0.15, -0.1) is 0 Å². The SMILES string of the molecule is CCC(F)(F)Oc1ccc(C(N)=O)cc1Nc1nc2c(ccc3cnccc32)s1. The Hall–Kier alpha value is -3.33. The van der Waals surface area contributed by atoms with Crippen LogP contribution in [0.1, 0.15) is 23.7 Å². The molecular formula is C20H16F2N4O2S. The van der Waals surface area contributed by atoms with E-state index in [4.69, 9.17) is 10.5 Å². The van der Waals surface area contributed by atoms with Gasteiger partial charge < -0.3 is 15.8 Å². The van der Waals surface area contributed by atoms with Crippen molar-refractivity contribution in [3.8, 4) is 5.75 Å². The number of fused-ring (bicyclic) bond motifs is 3. The fourth-order valence-corrected chi connectivity index (χ4v) is 3.72. The van der Waals surface area contributed by atoms with Gasteiger partial charge in [-0.2, -0.15) is 8.78 Å². The molecule has 29 heavy (non-hydrogen) atoms. The molecule has 0 saturated heterocycles. The van der Waals surface area contributed by atoms with Gasteiger partial charge in [0.05, 0.1) is 15.9 Å². The van der Waals surface area contributed by atoms with Crippen molar-refractivity contribution in [1.29, 1.82) is 0 Å². The summed E-state index contributed by atoms with van der Waals surface area (Å²) in [7, 11) is 0. The van der Waals surface area contributed by atoms with Crippen molar-refractivity contribution < 1.29 is 18.3 Å². The molecule has 0 aliphatic heterocycles. The maximum atomic E-state index is 13.8. The van der Waals surface area contributed by atoms with E-state index in [1.54, 1.807) is 12.4 Å². The number of nitrogens with two attached hydrogens (primary N) is 1. The molecule has 0 bridgehead atoms. The molecule has 0 radical (unpaired) electrons. The number of halogens is 2. The van der Waals surface area contributed by atoms with Gasteiger partial charge in [0.15, 0.2) is 5.13 Å². The number of alkyl halides is 2. The summed E-state index contributed by atoms with van der Waals surface area (Å²) in [5.41, 5.74) is 6.44. The maximum Gasteiger partial charge on any atom is 0.397 e. The number of hydrogen-bond acceptors (Lipinski definition) is 6. The molecule has 2 aromatic heterocycles. The van der Waals surface area contributed by atoms with Crippen LogP contribution in [0.25, 0.3) is 21.0 Å².